The first-order chi connectivity index (χ1) is 7.88. The molecule has 0 bridgehead atoms. The summed E-state index contributed by atoms with van der Waals surface area (Å²) in [4.78, 5) is 0. The molecule has 0 unspecified atom stereocenters. The molecule has 4 heteroatoms. The summed E-state index contributed by atoms with van der Waals surface area (Å²) >= 11 is 8.44. The third-order valence-corrected chi connectivity index (χ3v) is 7.66. The van der Waals surface area contributed by atoms with E-state index in [4.69, 9.17) is 0 Å². The first-order valence-electron chi connectivity index (χ1n) is 6.09. The van der Waals surface area contributed by atoms with Crippen LogP contribution in [0, 0.1) is 0 Å². The van der Waals surface area contributed by atoms with Crippen molar-refractivity contribution in [2.24, 2.45) is 0 Å². The van der Waals surface area contributed by atoms with E-state index >= 15 is 0 Å². The summed E-state index contributed by atoms with van der Waals surface area (Å²) in [5.41, 5.74) is 0. The van der Waals surface area contributed by atoms with Crippen LogP contribution in [0.4, 0.5) is 0 Å². The van der Waals surface area contributed by atoms with E-state index in [1.54, 1.807) is 0 Å². The van der Waals surface area contributed by atoms with Crippen molar-refractivity contribution in [1.82, 2.24) is 0 Å². The number of hydrogen-bond donors (Lipinski definition) is 0. The van der Waals surface area contributed by atoms with Gasteiger partial charge in [0, 0.05) is 33.5 Å². The molecule has 1 aliphatic carbocycles. The van der Waals surface area contributed by atoms with Gasteiger partial charge in [0.15, 0.2) is 0 Å². The highest BCUT2D eigenvalue weighted by Gasteiger charge is 2.25. The smallest absolute Gasteiger partial charge is 0.0166 e. The van der Waals surface area contributed by atoms with Gasteiger partial charge in [0.1, 0.15) is 0 Å². The Kier molecular flexibility index (Phi) is 9.98. The standard InChI is InChI=1S/C12H24S4/c1-13-7-9-15-11-5-3-4-6-12(11)16-10-8-14-2/h11-12H,3-10H2,1-2H3/t11-,12+. The lowest BCUT2D eigenvalue weighted by atomic mass is 10.00. The topological polar surface area (TPSA) is 0 Å². The zero-order valence-electron chi connectivity index (χ0n) is 10.4. The molecular formula is C12H24S4. The second-order valence-corrected chi connectivity index (χ2v) is 8.75. The third-order valence-electron chi connectivity index (χ3n) is 2.88. The molecule has 1 rings (SSSR count). The molecule has 0 spiro atoms. The molecule has 96 valence electrons. The van der Waals surface area contributed by atoms with Crippen molar-refractivity contribution < 1.29 is 0 Å². The van der Waals surface area contributed by atoms with Gasteiger partial charge in [0.05, 0.1) is 0 Å². The van der Waals surface area contributed by atoms with E-state index in [9.17, 15) is 0 Å². The van der Waals surface area contributed by atoms with E-state index in [2.05, 4.69) is 36.0 Å². The average Bonchev–Trinajstić information content (AvgIpc) is 2.32. The van der Waals surface area contributed by atoms with Gasteiger partial charge >= 0.3 is 0 Å². The Balaban J connectivity index is 2.20. The lowest BCUT2D eigenvalue weighted by Gasteiger charge is -2.30. The summed E-state index contributed by atoms with van der Waals surface area (Å²) in [7, 11) is 0. The number of rotatable bonds is 8. The Morgan fingerprint density at radius 1 is 0.750 bits per heavy atom. The van der Waals surface area contributed by atoms with Crippen LogP contribution in [0.2, 0.25) is 0 Å². The molecule has 0 N–H and O–H groups in total. The van der Waals surface area contributed by atoms with E-state index in [0.717, 1.165) is 10.5 Å². The van der Waals surface area contributed by atoms with Crippen molar-refractivity contribution in [3.8, 4) is 0 Å². The van der Waals surface area contributed by atoms with Crippen molar-refractivity contribution in [2.75, 3.05) is 35.5 Å². The highest BCUT2D eigenvalue weighted by atomic mass is 32.2. The zero-order chi connectivity index (χ0) is 11.6. The Labute approximate surface area is 118 Å². The van der Waals surface area contributed by atoms with Gasteiger partial charge in [0.2, 0.25) is 0 Å². The predicted molar refractivity (Wildman–Crippen MR) is 87.7 cm³/mol. The first-order valence-corrected chi connectivity index (χ1v) is 11.0. The van der Waals surface area contributed by atoms with E-state index in [0.29, 0.717) is 0 Å². The highest BCUT2D eigenvalue weighted by molar-refractivity contribution is 8.05. The Hall–Kier alpha value is 1.40. The molecule has 0 aromatic carbocycles. The van der Waals surface area contributed by atoms with Gasteiger partial charge in [-0.15, -0.1) is 0 Å². The van der Waals surface area contributed by atoms with Crippen molar-refractivity contribution in [3.05, 3.63) is 0 Å². The molecule has 0 nitrogen and oxygen atoms in total. The Bertz CT molecular complexity index is 145. The third kappa shape index (κ3) is 6.36. The van der Waals surface area contributed by atoms with Crippen molar-refractivity contribution >= 4 is 47.0 Å². The molecule has 0 amide bonds. The largest absolute Gasteiger partial charge is 0.165 e. The molecule has 0 aliphatic heterocycles. The van der Waals surface area contributed by atoms with Crippen LogP contribution in [0.15, 0.2) is 0 Å². The van der Waals surface area contributed by atoms with Crippen LogP contribution < -0.4 is 0 Å². The predicted octanol–water partition coefficient (Wildman–Crippen LogP) is 4.49. The molecule has 2 atom stereocenters. The van der Waals surface area contributed by atoms with E-state index in [1.165, 1.54) is 48.7 Å². The van der Waals surface area contributed by atoms with Crippen LogP contribution >= 0.6 is 47.0 Å². The monoisotopic (exact) mass is 296 g/mol. The lowest BCUT2D eigenvalue weighted by molar-refractivity contribution is 0.528. The maximum atomic E-state index is 2.24. The van der Waals surface area contributed by atoms with Crippen LogP contribution in [-0.2, 0) is 0 Å². The maximum absolute atomic E-state index is 2.24. The minimum absolute atomic E-state index is 0.952. The molecule has 1 saturated carbocycles. The van der Waals surface area contributed by atoms with Crippen LogP contribution in [0.3, 0.4) is 0 Å². The van der Waals surface area contributed by atoms with Gasteiger partial charge in [-0.1, -0.05) is 12.8 Å². The van der Waals surface area contributed by atoms with E-state index in [1.807, 2.05) is 23.5 Å². The molecule has 0 saturated heterocycles. The number of hydrogen-bond acceptors (Lipinski definition) is 4. The lowest BCUT2D eigenvalue weighted by Crippen LogP contribution is -2.25. The van der Waals surface area contributed by atoms with E-state index < -0.39 is 0 Å². The summed E-state index contributed by atoms with van der Waals surface area (Å²) < 4.78 is 0. The fourth-order valence-corrected chi connectivity index (χ4v) is 6.56. The summed E-state index contributed by atoms with van der Waals surface area (Å²) in [5.74, 6) is 5.35. The first kappa shape index (κ1) is 15.5. The van der Waals surface area contributed by atoms with Gasteiger partial charge in [0.25, 0.3) is 0 Å². The average molecular weight is 297 g/mol. The molecule has 1 fully saturated rings. The van der Waals surface area contributed by atoms with Gasteiger partial charge in [-0.3, -0.25) is 0 Å². The normalized spacial score (nSPS) is 25.9. The quantitative estimate of drug-likeness (QED) is 0.605. The Morgan fingerprint density at radius 3 is 1.56 bits per heavy atom. The summed E-state index contributed by atoms with van der Waals surface area (Å²) in [5, 5.41) is 1.90. The second-order valence-electron chi connectivity index (χ2n) is 4.09. The minimum Gasteiger partial charge on any atom is -0.165 e. The zero-order valence-corrected chi connectivity index (χ0v) is 13.7. The molecule has 0 radical (unpaired) electrons. The van der Waals surface area contributed by atoms with Gasteiger partial charge < -0.3 is 0 Å². The highest BCUT2D eigenvalue weighted by Crippen LogP contribution is 2.36. The Morgan fingerprint density at radius 2 is 1.19 bits per heavy atom. The van der Waals surface area contributed by atoms with Gasteiger partial charge in [-0.05, 0) is 25.4 Å². The molecule has 0 heterocycles. The molecule has 0 aromatic heterocycles. The number of thioether (sulfide) groups is 4. The summed E-state index contributed by atoms with van der Waals surface area (Å²) in [6.45, 7) is 0. The van der Waals surface area contributed by atoms with Crippen LogP contribution in [0.25, 0.3) is 0 Å². The van der Waals surface area contributed by atoms with Crippen molar-refractivity contribution in [1.29, 1.82) is 0 Å². The second kappa shape index (κ2) is 10.3. The molecule has 16 heavy (non-hydrogen) atoms. The van der Waals surface area contributed by atoms with Gasteiger partial charge in [-0.2, -0.15) is 47.0 Å². The molecule has 1 aliphatic rings. The summed E-state index contributed by atoms with van der Waals surface area (Å²) in [6.07, 6.45) is 10.3. The minimum atomic E-state index is 0.952. The summed E-state index contributed by atoms with van der Waals surface area (Å²) in [6, 6.07) is 0. The van der Waals surface area contributed by atoms with Crippen LogP contribution in [0.5, 0.6) is 0 Å². The molecular weight excluding hydrogens is 272 g/mol. The van der Waals surface area contributed by atoms with Crippen LogP contribution in [-0.4, -0.2) is 46.0 Å². The SMILES string of the molecule is CSCCS[C@H]1CCCC[C@H]1SCCSC. The maximum Gasteiger partial charge on any atom is 0.0166 e. The fraction of sp³-hybridized carbons (Fsp3) is 1.00. The van der Waals surface area contributed by atoms with Crippen molar-refractivity contribution in [3.63, 3.8) is 0 Å². The van der Waals surface area contributed by atoms with Crippen molar-refractivity contribution in [2.45, 2.75) is 36.2 Å². The molecule has 0 aromatic rings. The fourth-order valence-electron chi connectivity index (χ4n) is 2.01. The van der Waals surface area contributed by atoms with E-state index in [-0.39, 0.29) is 0 Å². The van der Waals surface area contributed by atoms with Crippen LogP contribution in [0.1, 0.15) is 25.7 Å². The van der Waals surface area contributed by atoms with Gasteiger partial charge in [-0.25, -0.2) is 0 Å².